The van der Waals surface area contributed by atoms with Gasteiger partial charge in [0, 0.05) is 29.3 Å². The first-order valence-corrected chi connectivity index (χ1v) is 14.4. The third-order valence-corrected chi connectivity index (χ3v) is 8.93. The van der Waals surface area contributed by atoms with Crippen LogP contribution >= 0.6 is 45.2 Å². The number of rotatable bonds is 6. The van der Waals surface area contributed by atoms with E-state index in [1.54, 1.807) is 60.7 Å². The maximum atomic E-state index is 13.1. The van der Waals surface area contributed by atoms with E-state index in [1.807, 2.05) is 0 Å². The van der Waals surface area contributed by atoms with Gasteiger partial charge in [0.05, 0.1) is 9.79 Å². The van der Waals surface area contributed by atoms with Crippen LogP contribution < -0.4 is 9.44 Å². The van der Waals surface area contributed by atoms with Crippen LogP contribution in [0.4, 0.5) is 11.4 Å². The highest BCUT2D eigenvalue weighted by Gasteiger charge is 2.22. The summed E-state index contributed by atoms with van der Waals surface area (Å²) in [6.07, 6.45) is 0. The molecular formula is C22H16I2N2O4S2. The van der Waals surface area contributed by atoms with E-state index in [0.717, 1.165) is 7.14 Å². The van der Waals surface area contributed by atoms with Crippen LogP contribution in [0.15, 0.2) is 94.7 Å². The Balaban J connectivity index is 1.77. The van der Waals surface area contributed by atoms with Crippen molar-refractivity contribution in [1.29, 1.82) is 0 Å². The van der Waals surface area contributed by atoms with E-state index in [9.17, 15) is 16.8 Å². The molecule has 0 atom stereocenters. The Morgan fingerprint density at radius 3 is 1.19 bits per heavy atom. The lowest BCUT2D eigenvalue weighted by atomic mass is 10.1. The van der Waals surface area contributed by atoms with Crippen LogP contribution in [0.2, 0.25) is 0 Å². The van der Waals surface area contributed by atoms with Gasteiger partial charge in [-0.2, -0.15) is 0 Å². The van der Waals surface area contributed by atoms with E-state index >= 15 is 0 Å². The second kappa shape index (κ2) is 9.15. The second-order valence-electron chi connectivity index (χ2n) is 6.83. The number of nitrogens with one attached hydrogen (secondary N) is 2. The molecule has 4 rings (SSSR count). The maximum absolute atomic E-state index is 13.1. The lowest BCUT2D eigenvalue weighted by molar-refractivity contribution is 0.599. The fraction of sp³-hybridized carbons (Fsp3) is 0. The smallest absolute Gasteiger partial charge is 0.262 e. The molecule has 6 nitrogen and oxygen atoms in total. The summed E-state index contributed by atoms with van der Waals surface area (Å²) in [6, 6.07) is 23.1. The van der Waals surface area contributed by atoms with Crippen molar-refractivity contribution in [1.82, 2.24) is 0 Å². The third-order valence-electron chi connectivity index (χ3n) is 4.61. The Morgan fingerprint density at radius 2 is 0.844 bits per heavy atom. The minimum atomic E-state index is -3.95. The minimum absolute atomic E-state index is 0.000125. The average Bonchev–Trinajstić information content (AvgIpc) is 2.76. The first kappa shape index (κ1) is 23.3. The zero-order chi connectivity index (χ0) is 22.9. The van der Waals surface area contributed by atoms with Crippen molar-refractivity contribution in [3.8, 4) is 0 Å². The largest absolute Gasteiger partial charge is 0.280 e. The van der Waals surface area contributed by atoms with Gasteiger partial charge < -0.3 is 0 Å². The highest BCUT2D eigenvalue weighted by atomic mass is 127. The first-order chi connectivity index (χ1) is 15.2. The molecule has 0 aromatic heterocycles. The molecule has 0 spiro atoms. The van der Waals surface area contributed by atoms with E-state index in [1.165, 1.54) is 24.3 Å². The predicted octanol–water partition coefficient (Wildman–Crippen LogP) is 5.65. The van der Waals surface area contributed by atoms with Crippen LogP contribution in [0.3, 0.4) is 0 Å². The van der Waals surface area contributed by atoms with Gasteiger partial charge in [-0.15, -0.1) is 0 Å². The van der Waals surface area contributed by atoms with Crippen molar-refractivity contribution in [2.24, 2.45) is 0 Å². The van der Waals surface area contributed by atoms with Gasteiger partial charge in [-0.1, -0.05) is 24.3 Å². The molecule has 32 heavy (non-hydrogen) atoms. The summed E-state index contributed by atoms with van der Waals surface area (Å²) >= 11 is 4.27. The average molecular weight is 690 g/mol. The van der Waals surface area contributed by atoms with E-state index in [2.05, 4.69) is 54.6 Å². The summed E-state index contributed by atoms with van der Waals surface area (Å²) in [6.45, 7) is 0. The van der Waals surface area contributed by atoms with Gasteiger partial charge in [0.2, 0.25) is 0 Å². The molecule has 0 saturated carbocycles. The molecule has 0 fully saturated rings. The first-order valence-electron chi connectivity index (χ1n) is 9.24. The van der Waals surface area contributed by atoms with Crippen LogP contribution in [0.25, 0.3) is 10.8 Å². The molecule has 0 bridgehead atoms. The summed E-state index contributed by atoms with van der Waals surface area (Å²) in [5.41, 5.74) is 0.846. The highest BCUT2D eigenvalue weighted by molar-refractivity contribution is 14.1. The maximum Gasteiger partial charge on any atom is 0.262 e. The number of anilines is 2. The second-order valence-corrected chi connectivity index (χ2v) is 12.6. The van der Waals surface area contributed by atoms with Gasteiger partial charge in [0.15, 0.2) is 0 Å². The van der Waals surface area contributed by atoms with Crippen molar-refractivity contribution in [3.05, 3.63) is 92.1 Å². The fourth-order valence-electron chi connectivity index (χ4n) is 3.18. The number of hydrogen-bond acceptors (Lipinski definition) is 4. The molecule has 0 aliphatic rings. The Bertz CT molecular complexity index is 1390. The lowest BCUT2D eigenvalue weighted by Crippen LogP contribution is -2.15. The van der Waals surface area contributed by atoms with Crippen molar-refractivity contribution in [2.45, 2.75) is 9.79 Å². The van der Waals surface area contributed by atoms with Gasteiger partial charge in [-0.3, -0.25) is 9.44 Å². The predicted molar refractivity (Wildman–Crippen MR) is 144 cm³/mol. The quantitative estimate of drug-likeness (QED) is 0.256. The zero-order valence-corrected chi connectivity index (χ0v) is 22.2. The molecule has 0 saturated heterocycles. The topological polar surface area (TPSA) is 92.3 Å². The SMILES string of the molecule is O=S(=O)(Nc1ccc(I)cc1)c1cccc2c(S(=O)(=O)Nc3ccc(I)cc3)cccc12. The lowest BCUT2D eigenvalue weighted by Gasteiger charge is -2.14. The monoisotopic (exact) mass is 690 g/mol. The number of hydrogen-bond donors (Lipinski definition) is 2. The molecule has 0 aliphatic carbocycles. The number of benzene rings is 4. The van der Waals surface area contributed by atoms with Crippen LogP contribution in [-0.4, -0.2) is 16.8 Å². The molecule has 4 aromatic carbocycles. The summed E-state index contributed by atoms with van der Waals surface area (Å²) in [4.78, 5) is -0.000250. The summed E-state index contributed by atoms with van der Waals surface area (Å²) in [5.74, 6) is 0. The van der Waals surface area contributed by atoms with E-state index in [4.69, 9.17) is 0 Å². The molecule has 0 unspecified atom stereocenters. The Labute approximate surface area is 213 Å². The molecule has 0 heterocycles. The Kier molecular flexibility index (Phi) is 6.66. The highest BCUT2D eigenvalue weighted by Crippen LogP contribution is 2.30. The zero-order valence-electron chi connectivity index (χ0n) is 16.3. The molecule has 0 radical (unpaired) electrons. The van der Waals surface area contributed by atoms with E-state index in [0.29, 0.717) is 22.1 Å². The minimum Gasteiger partial charge on any atom is -0.280 e. The molecule has 0 amide bonds. The third kappa shape index (κ3) is 5.02. The molecule has 4 aromatic rings. The van der Waals surface area contributed by atoms with Gasteiger partial charge >= 0.3 is 0 Å². The van der Waals surface area contributed by atoms with Gasteiger partial charge in [-0.05, 0) is 106 Å². The van der Waals surface area contributed by atoms with E-state index < -0.39 is 20.0 Å². The van der Waals surface area contributed by atoms with E-state index in [-0.39, 0.29) is 9.79 Å². The standard InChI is InChI=1S/C22H16I2N2O4S2/c23-15-7-11-17(12-8-15)25-31(27,28)21-5-1-3-19-20(21)4-2-6-22(19)32(29,30)26-18-13-9-16(24)10-14-18/h1-14,25-26H. The fourth-order valence-corrected chi connectivity index (χ4v) is 6.46. The molecule has 0 aliphatic heterocycles. The van der Waals surface area contributed by atoms with Crippen LogP contribution in [0, 0.1) is 7.14 Å². The van der Waals surface area contributed by atoms with Crippen molar-refractivity contribution in [3.63, 3.8) is 0 Å². The van der Waals surface area contributed by atoms with Crippen LogP contribution in [0.5, 0.6) is 0 Å². The van der Waals surface area contributed by atoms with Crippen molar-refractivity contribution >= 4 is 87.4 Å². The number of fused-ring (bicyclic) bond motifs is 1. The number of halogens is 2. The van der Waals surface area contributed by atoms with Crippen molar-refractivity contribution < 1.29 is 16.8 Å². The van der Waals surface area contributed by atoms with Gasteiger partial charge in [0.25, 0.3) is 20.0 Å². The van der Waals surface area contributed by atoms with Gasteiger partial charge in [0.1, 0.15) is 0 Å². The summed E-state index contributed by atoms with van der Waals surface area (Å²) in [7, 11) is -7.89. The van der Waals surface area contributed by atoms with Crippen LogP contribution in [-0.2, 0) is 20.0 Å². The Hall–Kier alpha value is -1.90. The molecule has 2 N–H and O–H groups in total. The van der Waals surface area contributed by atoms with Crippen molar-refractivity contribution in [2.75, 3.05) is 9.44 Å². The molecule has 10 heteroatoms. The van der Waals surface area contributed by atoms with Gasteiger partial charge in [-0.25, -0.2) is 16.8 Å². The summed E-state index contributed by atoms with van der Waals surface area (Å²) < 4.78 is 59.5. The Morgan fingerprint density at radius 1 is 0.500 bits per heavy atom. The molecule has 164 valence electrons. The summed E-state index contributed by atoms with van der Waals surface area (Å²) in [5, 5.41) is 0.631. The number of sulfonamides is 2. The normalized spacial score (nSPS) is 11.9. The van der Waals surface area contributed by atoms with Crippen LogP contribution in [0.1, 0.15) is 0 Å². The molecular weight excluding hydrogens is 674 g/mol.